The van der Waals surface area contributed by atoms with Crippen molar-refractivity contribution in [2.45, 2.75) is 76.7 Å². The monoisotopic (exact) mass is 411 g/mol. The van der Waals surface area contributed by atoms with E-state index in [1.54, 1.807) is 0 Å². The lowest BCUT2D eigenvalue weighted by molar-refractivity contribution is -0.137. The summed E-state index contributed by atoms with van der Waals surface area (Å²) in [4.78, 5) is 29.1. The van der Waals surface area contributed by atoms with Crippen LogP contribution in [0.1, 0.15) is 70.8 Å². The quantitative estimate of drug-likeness (QED) is 0.748. The van der Waals surface area contributed by atoms with E-state index in [0.717, 1.165) is 31.1 Å². The van der Waals surface area contributed by atoms with Gasteiger partial charge in [0.05, 0.1) is 5.41 Å². The fourth-order valence-corrected chi connectivity index (χ4v) is 5.56. The molecule has 1 aromatic rings. The minimum absolute atomic E-state index is 0.163. The number of imide groups is 1. The van der Waals surface area contributed by atoms with Gasteiger partial charge in [-0.15, -0.1) is 0 Å². The molecule has 1 saturated carbocycles. The molecule has 4 rings (SSSR count). The van der Waals surface area contributed by atoms with Gasteiger partial charge in [-0.25, -0.2) is 0 Å². The van der Waals surface area contributed by atoms with Crippen LogP contribution in [0, 0.1) is 5.92 Å². The average molecular weight is 412 g/mol. The highest BCUT2D eigenvalue weighted by Gasteiger charge is 2.40. The van der Waals surface area contributed by atoms with Gasteiger partial charge >= 0.3 is 0 Å². The zero-order chi connectivity index (χ0) is 21.1. The Morgan fingerprint density at radius 3 is 2.47 bits per heavy atom. The number of hydrogen-bond donors (Lipinski definition) is 1. The second-order valence-corrected chi connectivity index (χ2v) is 9.89. The zero-order valence-electron chi connectivity index (χ0n) is 18.7. The van der Waals surface area contributed by atoms with Gasteiger partial charge in [-0.05, 0) is 56.8 Å². The lowest BCUT2D eigenvalue weighted by atomic mass is 9.75. The molecule has 0 radical (unpaired) electrons. The van der Waals surface area contributed by atoms with Crippen LogP contribution in [0.15, 0.2) is 24.3 Å². The van der Waals surface area contributed by atoms with Gasteiger partial charge in [0.1, 0.15) is 0 Å². The van der Waals surface area contributed by atoms with Crippen LogP contribution in [0.25, 0.3) is 0 Å². The van der Waals surface area contributed by atoms with Crippen molar-refractivity contribution in [3.8, 4) is 0 Å². The van der Waals surface area contributed by atoms with E-state index >= 15 is 0 Å². The van der Waals surface area contributed by atoms with E-state index in [1.165, 1.54) is 50.8 Å². The van der Waals surface area contributed by atoms with Crippen molar-refractivity contribution in [3.63, 3.8) is 0 Å². The van der Waals surface area contributed by atoms with E-state index in [1.807, 2.05) is 6.92 Å². The first kappa shape index (κ1) is 21.4. The van der Waals surface area contributed by atoms with Crippen molar-refractivity contribution in [3.05, 3.63) is 29.8 Å². The smallest absolute Gasteiger partial charge is 0.236 e. The van der Waals surface area contributed by atoms with E-state index in [0.29, 0.717) is 18.9 Å². The first-order valence-corrected chi connectivity index (χ1v) is 11.9. The second kappa shape index (κ2) is 9.09. The van der Waals surface area contributed by atoms with Gasteiger partial charge in [0.2, 0.25) is 11.8 Å². The van der Waals surface area contributed by atoms with Crippen molar-refractivity contribution in [1.82, 2.24) is 10.2 Å². The summed E-state index contributed by atoms with van der Waals surface area (Å²) in [7, 11) is 0. The number of piperazine rings is 1. The third-order valence-corrected chi connectivity index (χ3v) is 7.73. The molecule has 0 aromatic heterocycles. The predicted molar refractivity (Wildman–Crippen MR) is 121 cm³/mol. The number of carbonyl (C=O) groups excluding carboxylic acids is 2. The highest BCUT2D eigenvalue weighted by atomic mass is 16.2. The zero-order valence-corrected chi connectivity index (χ0v) is 18.7. The minimum Gasteiger partial charge on any atom is -0.366 e. The van der Waals surface area contributed by atoms with Gasteiger partial charge in [0.25, 0.3) is 0 Å². The number of rotatable bonds is 5. The molecule has 3 aliphatic rings. The van der Waals surface area contributed by atoms with E-state index in [4.69, 9.17) is 0 Å². The molecule has 5 nitrogen and oxygen atoms in total. The Morgan fingerprint density at radius 1 is 1.07 bits per heavy atom. The standard InChI is InChI=1S/C25H37N3O2/c1-19-18-27(15-13-20-6-4-3-5-7-20)16-17-28(19)22-10-8-21(9-11-22)25(2)14-12-23(29)26-24(25)30/h8-11,19-20H,3-7,12-18H2,1-2H3,(H,26,29,30)/t19-,25-/m1/s1. The van der Waals surface area contributed by atoms with Crippen LogP contribution in [0.3, 0.4) is 0 Å². The largest absolute Gasteiger partial charge is 0.366 e. The molecule has 1 aliphatic carbocycles. The number of piperidine rings is 1. The molecule has 0 unspecified atom stereocenters. The van der Waals surface area contributed by atoms with Crippen molar-refractivity contribution in [2.75, 3.05) is 31.1 Å². The maximum Gasteiger partial charge on any atom is 0.236 e. The molecule has 5 heteroatoms. The maximum absolute atomic E-state index is 12.4. The Labute approximate surface area is 181 Å². The van der Waals surface area contributed by atoms with Crippen LogP contribution >= 0.6 is 0 Å². The number of nitrogens with zero attached hydrogens (tertiary/aromatic N) is 2. The molecule has 30 heavy (non-hydrogen) atoms. The Kier molecular flexibility index (Phi) is 6.47. The van der Waals surface area contributed by atoms with Crippen molar-refractivity contribution < 1.29 is 9.59 Å². The fraction of sp³-hybridized carbons (Fsp3) is 0.680. The van der Waals surface area contributed by atoms with Crippen LogP contribution < -0.4 is 10.2 Å². The highest BCUT2D eigenvalue weighted by Crippen LogP contribution is 2.34. The van der Waals surface area contributed by atoms with E-state index in [9.17, 15) is 9.59 Å². The highest BCUT2D eigenvalue weighted by molar-refractivity contribution is 6.03. The maximum atomic E-state index is 12.4. The third-order valence-electron chi connectivity index (χ3n) is 7.73. The number of hydrogen-bond acceptors (Lipinski definition) is 4. The number of nitrogens with one attached hydrogen (secondary N) is 1. The molecule has 2 amide bonds. The lowest BCUT2D eigenvalue weighted by Gasteiger charge is -2.42. The molecule has 164 valence electrons. The second-order valence-electron chi connectivity index (χ2n) is 9.89. The van der Waals surface area contributed by atoms with Crippen LogP contribution in [0.2, 0.25) is 0 Å². The molecule has 0 bridgehead atoms. The molecular weight excluding hydrogens is 374 g/mol. The summed E-state index contributed by atoms with van der Waals surface area (Å²) in [5.74, 6) is 0.615. The Balaban J connectivity index is 1.33. The SMILES string of the molecule is C[C@@H]1CN(CCC2CCCCC2)CCN1c1ccc([C@@]2(C)CCC(=O)NC2=O)cc1. The number of anilines is 1. The molecule has 0 spiro atoms. The Bertz CT molecular complexity index is 756. The van der Waals surface area contributed by atoms with E-state index in [2.05, 4.69) is 46.3 Å². The summed E-state index contributed by atoms with van der Waals surface area (Å²) >= 11 is 0. The van der Waals surface area contributed by atoms with E-state index < -0.39 is 5.41 Å². The first-order chi connectivity index (χ1) is 14.5. The summed E-state index contributed by atoms with van der Waals surface area (Å²) in [6, 6.07) is 8.94. The fourth-order valence-electron chi connectivity index (χ4n) is 5.56. The van der Waals surface area contributed by atoms with Crippen LogP contribution in [0.4, 0.5) is 5.69 Å². The van der Waals surface area contributed by atoms with Gasteiger partial charge in [-0.3, -0.25) is 19.8 Å². The number of benzene rings is 1. The number of carbonyl (C=O) groups is 2. The van der Waals surface area contributed by atoms with E-state index in [-0.39, 0.29) is 11.8 Å². The summed E-state index contributed by atoms with van der Waals surface area (Å²) < 4.78 is 0. The van der Waals surface area contributed by atoms with Crippen molar-refractivity contribution in [2.24, 2.45) is 5.92 Å². The average Bonchev–Trinajstić information content (AvgIpc) is 2.76. The Hall–Kier alpha value is -1.88. The molecule has 2 atom stereocenters. The molecule has 3 fully saturated rings. The molecule has 2 aliphatic heterocycles. The van der Waals surface area contributed by atoms with Gasteiger partial charge in [-0.2, -0.15) is 0 Å². The van der Waals surface area contributed by atoms with Crippen LogP contribution in [-0.2, 0) is 15.0 Å². The normalized spacial score (nSPS) is 29.1. The van der Waals surface area contributed by atoms with Gasteiger partial charge in [-0.1, -0.05) is 44.2 Å². The van der Waals surface area contributed by atoms with Crippen LogP contribution in [-0.4, -0.2) is 48.9 Å². The summed E-state index contributed by atoms with van der Waals surface area (Å²) in [6.45, 7) is 8.81. The first-order valence-electron chi connectivity index (χ1n) is 11.9. The third kappa shape index (κ3) is 4.56. The van der Waals surface area contributed by atoms with Gasteiger partial charge < -0.3 is 4.90 Å². The number of amides is 2. The van der Waals surface area contributed by atoms with Crippen molar-refractivity contribution >= 4 is 17.5 Å². The van der Waals surface area contributed by atoms with Crippen molar-refractivity contribution in [1.29, 1.82) is 0 Å². The summed E-state index contributed by atoms with van der Waals surface area (Å²) in [5, 5.41) is 2.50. The molecule has 1 N–H and O–H groups in total. The summed E-state index contributed by atoms with van der Waals surface area (Å²) in [5.41, 5.74) is 1.61. The summed E-state index contributed by atoms with van der Waals surface area (Å²) in [6.07, 6.45) is 9.53. The molecule has 2 saturated heterocycles. The predicted octanol–water partition coefficient (Wildman–Crippen LogP) is 3.86. The molecular formula is C25H37N3O2. The minimum atomic E-state index is -0.615. The lowest BCUT2D eigenvalue weighted by Crippen LogP contribution is -2.52. The van der Waals surface area contributed by atoms with Gasteiger partial charge in [0.15, 0.2) is 0 Å². The topological polar surface area (TPSA) is 52.6 Å². The van der Waals surface area contributed by atoms with Gasteiger partial charge in [0, 0.05) is 37.8 Å². The molecule has 1 aromatic carbocycles. The van der Waals surface area contributed by atoms with Crippen LogP contribution in [0.5, 0.6) is 0 Å². The Morgan fingerprint density at radius 2 is 1.80 bits per heavy atom. The molecule has 2 heterocycles.